The van der Waals surface area contributed by atoms with Crippen molar-refractivity contribution in [3.63, 3.8) is 0 Å². The summed E-state index contributed by atoms with van der Waals surface area (Å²) in [4.78, 5) is 12.6. The Bertz CT molecular complexity index is 1320. The van der Waals surface area contributed by atoms with Gasteiger partial charge in [-0.1, -0.05) is 13.8 Å². The minimum absolute atomic E-state index is 0.101. The van der Waals surface area contributed by atoms with E-state index in [9.17, 15) is 13.2 Å². The first-order chi connectivity index (χ1) is 18.4. The second kappa shape index (κ2) is 14.0. The Morgan fingerprint density at radius 2 is 1.50 bits per heavy atom. The van der Waals surface area contributed by atoms with Crippen molar-refractivity contribution in [2.75, 3.05) is 24.5 Å². The van der Waals surface area contributed by atoms with Crippen molar-refractivity contribution >= 4 is 27.8 Å². The maximum atomic E-state index is 12.7. The molecule has 2 N–H and O–H groups in total. The predicted molar refractivity (Wildman–Crippen MR) is 148 cm³/mol. The van der Waals surface area contributed by atoms with Crippen molar-refractivity contribution in [2.45, 2.75) is 38.5 Å². The van der Waals surface area contributed by atoms with Crippen LogP contribution in [0.25, 0.3) is 0 Å². The summed E-state index contributed by atoms with van der Waals surface area (Å²) in [6, 6.07) is 17.6. The molecule has 3 aromatic rings. The van der Waals surface area contributed by atoms with Gasteiger partial charge >= 0.3 is 0 Å². The van der Waals surface area contributed by atoms with Crippen LogP contribution < -0.4 is 24.4 Å². The highest BCUT2D eigenvalue weighted by molar-refractivity contribution is 7.92. The summed E-state index contributed by atoms with van der Waals surface area (Å²) in [7, 11) is -3.79. The Morgan fingerprint density at radius 1 is 0.842 bits per heavy atom. The van der Waals surface area contributed by atoms with E-state index in [-0.39, 0.29) is 4.90 Å². The molecule has 3 rings (SSSR count). The van der Waals surface area contributed by atoms with E-state index in [4.69, 9.17) is 14.2 Å². The summed E-state index contributed by atoms with van der Waals surface area (Å²) in [5.41, 5.74) is 3.82. The number of carbonyl (C=O) groups excluding carboxylic acids is 1. The summed E-state index contributed by atoms with van der Waals surface area (Å²) in [5, 5.41) is 4.05. The molecule has 0 aromatic heterocycles. The van der Waals surface area contributed by atoms with Gasteiger partial charge < -0.3 is 14.2 Å². The maximum Gasteiger partial charge on any atom is 0.271 e. The zero-order chi connectivity index (χ0) is 27.4. The molecule has 0 saturated heterocycles. The molecule has 3 aromatic carbocycles. The quantitative estimate of drug-likeness (QED) is 0.214. The molecule has 0 saturated carbocycles. The number of hydrogen-bond donors (Lipinski definition) is 2. The summed E-state index contributed by atoms with van der Waals surface area (Å²) >= 11 is 0. The first-order valence-corrected chi connectivity index (χ1v) is 13.9. The number of amides is 1. The van der Waals surface area contributed by atoms with E-state index in [1.807, 2.05) is 39.0 Å². The van der Waals surface area contributed by atoms with Crippen molar-refractivity contribution in [1.29, 1.82) is 0 Å². The van der Waals surface area contributed by atoms with Crippen LogP contribution in [-0.4, -0.2) is 40.4 Å². The Labute approximate surface area is 223 Å². The molecule has 202 valence electrons. The molecule has 9 nitrogen and oxygen atoms in total. The van der Waals surface area contributed by atoms with E-state index in [0.29, 0.717) is 53.9 Å². The molecule has 0 atom stereocenters. The third-order valence-corrected chi connectivity index (χ3v) is 6.53. The number of benzene rings is 3. The van der Waals surface area contributed by atoms with E-state index in [0.717, 1.165) is 12.8 Å². The Balaban J connectivity index is 1.62. The minimum atomic E-state index is -3.79. The number of hydrogen-bond acceptors (Lipinski definition) is 7. The molecule has 0 aliphatic heterocycles. The molecule has 0 unspecified atom stereocenters. The molecule has 10 heteroatoms. The first kappa shape index (κ1) is 28.5. The fourth-order valence-corrected chi connectivity index (χ4v) is 4.34. The van der Waals surface area contributed by atoms with E-state index < -0.39 is 15.9 Å². The van der Waals surface area contributed by atoms with E-state index in [1.165, 1.54) is 42.6 Å². The number of nitrogens with one attached hydrogen (secondary N) is 2. The third kappa shape index (κ3) is 8.24. The Hall–Kier alpha value is -4.05. The van der Waals surface area contributed by atoms with Gasteiger partial charge in [-0.25, -0.2) is 13.8 Å². The number of rotatable bonds is 14. The molecule has 0 aliphatic carbocycles. The van der Waals surface area contributed by atoms with Crippen molar-refractivity contribution in [3.05, 3.63) is 77.9 Å². The first-order valence-electron chi connectivity index (χ1n) is 12.4. The van der Waals surface area contributed by atoms with Gasteiger partial charge in [-0.15, -0.1) is 0 Å². The van der Waals surface area contributed by atoms with Crippen molar-refractivity contribution in [2.24, 2.45) is 5.10 Å². The van der Waals surface area contributed by atoms with Crippen molar-refractivity contribution < 1.29 is 27.4 Å². The van der Waals surface area contributed by atoms with Crippen LogP contribution in [0.2, 0.25) is 0 Å². The number of nitrogens with zero attached hydrogens (tertiary/aromatic N) is 1. The summed E-state index contributed by atoms with van der Waals surface area (Å²) in [6.07, 6.45) is 3.25. The van der Waals surface area contributed by atoms with E-state index in [2.05, 4.69) is 15.2 Å². The number of sulfonamides is 1. The third-order valence-electron chi connectivity index (χ3n) is 5.13. The zero-order valence-corrected chi connectivity index (χ0v) is 22.6. The van der Waals surface area contributed by atoms with Gasteiger partial charge in [0.25, 0.3) is 15.9 Å². The lowest BCUT2D eigenvalue weighted by Gasteiger charge is -2.11. The minimum Gasteiger partial charge on any atom is -0.494 e. The average Bonchev–Trinajstić information content (AvgIpc) is 2.92. The molecule has 0 radical (unpaired) electrons. The van der Waals surface area contributed by atoms with Gasteiger partial charge in [0.2, 0.25) is 0 Å². The lowest BCUT2D eigenvalue weighted by Crippen LogP contribution is -2.18. The summed E-state index contributed by atoms with van der Waals surface area (Å²) in [6.45, 7) is 7.54. The fraction of sp³-hybridized carbons (Fsp3) is 0.286. The van der Waals surface area contributed by atoms with E-state index in [1.54, 1.807) is 12.1 Å². The van der Waals surface area contributed by atoms with Crippen molar-refractivity contribution in [1.82, 2.24) is 5.43 Å². The number of ether oxygens (including phenoxy) is 3. The zero-order valence-electron chi connectivity index (χ0n) is 21.8. The van der Waals surface area contributed by atoms with Crippen LogP contribution in [0.5, 0.6) is 17.2 Å². The molecule has 0 aliphatic rings. The fourth-order valence-electron chi connectivity index (χ4n) is 3.28. The van der Waals surface area contributed by atoms with Gasteiger partial charge in [0.15, 0.2) is 0 Å². The molecule has 0 heterocycles. The highest BCUT2D eigenvalue weighted by atomic mass is 32.2. The van der Waals surface area contributed by atoms with Crippen molar-refractivity contribution in [3.8, 4) is 17.2 Å². The number of carbonyl (C=O) groups is 1. The number of anilines is 1. The Morgan fingerprint density at radius 3 is 2.16 bits per heavy atom. The molecular formula is C28H33N3O6S. The molecule has 1 amide bonds. The van der Waals surface area contributed by atoms with Crippen LogP contribution in [0.15, 0.2) is 76.7 Å². The normalized spacial score (nSPS) is 11.2. The number of hydrazone groups is 1. The maximum absolute atomic E-state index is 12.7. The van der Waals surface area contributed by atoms with Crippen LogP contribution in [0.3, 0.4) is 0 Å². The molecule has 0 fully saturated rings. The second-order valence-electron chi connectivity index (χ2n) is 8.18. The highest BCUT2D eigenvalue weighted by Gasteiger charge is 2.15. The van der Waals surface area contributed by atoms with Crippen LogP contribution in [-0.2, 0) is 10.0 Å². The highest BCUT2D eigenvalue weighted by Crippen LogP contribution is 2.24. The summed E-state index contributed by atoms with van der Waals surface area (Å²) < 4.78 is 44.6. The van der Waals surface area contributed by atoms with Gasteiger partial charge in [-0.2, -0.15) is 5.10 Å². The second-order valence-corrected chi connectivity index (χ2v) is 9.87. The molecular weight excluding hydrogens is 506 g/mol. The summed E-state index contributed by atoms with van der Waals surface area (Å²) in [5.74, 6) is 1.47. The lowest BCUT2D eigenvalue weighted by molar-refractivity contribution is 0.0955. The van der Waals surface area contributed by atoms with Crippen LogP contribution >= 0.6 is 0 Å². The molecule has 0 spiro atoms. The lowest BCUT2D eigenvalue weighted by atomic mass is 10.2. The van der Waals surface area contributed by atoms with Crippen LogP contribution in [0, 0.1) is 0 Å². The monoisotopic (exact) mass is 539 g/mol. The largest absolute Gasteiger partial charge is 0.494 e. The SMILES string of the molecule is CCCOc1ccc(/C=N\NC(=O)c2ccc(NS(=O)(=O)c3ccc(OCC)cc3)cc2)c(OCCC)c1. The molecule has 0 bridgehead atoms. The average molecular weight is 540 g/mol. The standard InChI is InChI=1S/C28H33N3O6S/c1-4-17-36-25-12-9-22(27(19-25)37-18-5-2)20-29-30-28(32)21-7-10-23(11-8-21)31-38(33,34)26-15-13-24(14-16-26)35-6-3/h7-16,19-20,31H,4-6,17-18H2,1-3H3,(H,30,32)/b29-20-. The van der Waals surface area contributed by atoms with Gasteiger partial charge in [0.05, 0.1) is 30.9 Å². The smallest absolute Gasteiger partial charge is 0.271 e. The van der Waals surface area contributed by atoms with Crippen LogP contribution in [0.4, 0.5) is 5.69 Å². The topological polar surface area (TPSA) is 115 Å². The van der Waals surface area contributed by atoms with Gasteiger partial charge in [-0.3, -0.25) is 9.52 Å². The Kier molecular flexibility index (Phi) is 10.5. The van der Waals surface area contributed by atoms with Gasteiger partial charge in [0.1, 0.15) is 17.2 Å². The van der Waals surface area contributed by atoms with Crippen LogP contribution in [0.1, 0.15) is 49.5 Å². The van der Waals surface area contributed by atoms with Gasteiger partial charge in [0, 0.05) is 22.9 Å². The van der Waals surface area contributed by atoms with Gasteiger partial charge in [-0.05, 0) is 80.4 Å². The predicted octanol–water partition coefficient (Wildman–Crippen LogP) is 5.23. The van der Waals surface area contributed by atoms with E-state index >= 15 is 0 Å². The molecule has 38 heavy (non-hydrogen) atoms.